The third-order valence-corrected chi connectivity index (χ3v) is 1.59. The number of nitrogens with zero attached hydrogens (tertiary/aromatic N) is 2. The Morgan fingerprint density at radius 1 is 1.25 bits per heavy atom. The van der Waals surface area contributed by atoms with Crippen molar-refractivity contribution in [2.75, 3.05) is 0 Å². The SMILES string of the molecule is Cc1ncc(-c2ccncc2)o1. The van der Waals surface area contributed by atoms with E-state index in [4.69, 9.17) is 4.42 Å². The van der Waals surface area contributed by atoms with E-state index in [9.17, 15) is 0 Å². The number of hydrogen-bond acceptors (Lipinski definition) is 3. The van der Waals surface area contributed by atoms with Crippen LogP contribution in [0.1, 0.15) is 5.89 Å². The van der Waals surface area contributed by atoms with Gasteiger partial charge in [-0.3, -0.25) is 4.98 Å². The van der Waals surface area contributed by atoms with Crippen molar-refractivity contribution in [3.05, 3.63) is 36.6 Å². The summed E-state index contributed by atoms with van der Waals surface area (Å²) in [7, 11) is 0. The number of hydrogen-bond donors (Lipinski definition) is 0. The second kappa shape index (κ2) is 2.77. The maximum absolute atomic E-state index is 5.33. The van der Waals surface area contributed by atoms with Crippen LogP contribution in [0.4, 0.5) is 0 Å². The summed E-state index contributed by atoms with van der Waals surface area (Å²) < 4.78 is 5.33. The van der Waals surface area contributed by atoms with Gasteiger partial charge in [0.05, 0.1) is 6.20 Å². The lowest BCUT2D eigenvalue weighted by Crippen LogP contribution is -1.73. The fraction of sp³-hybridized carbons (Fsp3) is 0.111. The average molecular weight is 160 g/mol. The Balaban J connectivity index is 2.45. The summed E-state index contributed by atoms with van der Waals surface area (Å²) in [5, 5.41) is 0. The fourth-order valence-electron chi connectivity index (χ4n) is 1.01. The van der Waals surface area contributed by atoms with E-state index >= 15 is 0 Å². The lowest BCUT2D eigenvalue weighted by Gasteiger charge is -1.91. The predicted molar refractivity (Wildman–Crippen MR) is 44.5 cm³/mol. The van der Waals surface area contributed by atoms with Gasteiger partial charge in [-0.25, -0.2) is 4.98 Å². The Morgan fingerprint density at radius 2 is 2.00 bits per heavy atom. The third kappa shape index (κ3) is 1.21. The van der Waals surface area contributed by atoms with Crippen LogP contribution in [-0.4, -0.2) is 9.97 Å². The van der Waals surface area contributed by atoms with Gasteiger partial charge in [-0.2, -0.15) is 0 Å². The Morgan fingerprint density at radius 3 is 2.58 bits per heavy atom. The van der Waals surface area contributed by atoms with Crippen LogP contribution in [0.5, 0.6) is 0 Å². The van der Waals surface area contributed by atoms with Gasteiger partial charge in [-0.1, -0.05) is 0 Å². The highest BCUT2D eigenvalue weighted by Gasteiger charge is 2.01. The van der Waals surface area contributed by atoms with Gasteiger partial charge in [0.2, 0.25) is 0 Å². The van der Waals surface area contributed by atoms with E-state index < -0.39 is 0 Å². The molecular formula is C9H8N2O. The summed E-state index contributed by atoms with van der Waals surface area (Å²) >= 11 is 0. The van der Waals surface area contributed by atoms with Gasteiger partial charge < -0.3 is 4.42 Å². The molecule has 0 radical (unpaired) electrons. The van der Waals surface area contributed by atoms with Crippen molar-refractivity contribution >= 4 is 0 Å². The maximum atomic E-state index is 5.33. The normalized spacial score (nSPS) is 10.1. The average Bonchev–Trinajstić information content (AvgIpc) is 2.54. The fourth-order valence-corrected chi connectivity index (χ4v) is 1.01. The van der Waals surface area contributed by atoms with Gasteiger partial charge in [-0.05, 0) is 12.1 Å². The standard InChI is InChI=1S/C9H8N2O/c1-7-11-6-9(12-7)8-2-4-10-5-3-8/h2-6H,1H3. The third-order valence-electron chi connectivity index (χ3n) is 1.59. The van der Waals surface area contributed by atoms with Gasteiger partial charge in [-0.15, -0.1) is 0 Å². The zero-order valence-electron chi connectivity index (χ0n) is 6.69. The first kappa shape index (κ1) is 7.03. The zero-order chi connectivity index (χ0) is 8.39. The van der Waals surface area contributed by atoms with Crippen molar-refractivity contribution in [2.45, 2.75) is 6.92 Å². The molecule has 2 heterocycles. The molecule has 0 aliphatic rings. The van der Waals surface area contributed by atoms with E-state index in [1.807, 2.05) is 19.1 Å². The van der Waals surface area contributed by atoms with Gasteiger partial charge in [0.15, 0.2) is 11.7 Å². The molecule has 0 fully saturated rings. The molecule has 0 aromatic carbocycles. The number of aryl methyl sites for hydroxylation is 1. The Bertz CT molecular complexity index is 367. The molecule has 0 saturated heterocycles. The first-order valence-electron chi connectivity index (χ1n) is 3.69. The first-order valence-corrected chi connectivity index (χ1v) is 3.69. The van der Waals surface area contributed by atoms with Crippen LogP contribution in [0.25, 0.3) is 11.3 Å². The lowest BCUT2D eigenvalue weighted by molar-refractivity contribution is 0.534. The molecule has 2 rings (SSSR count). The van der Waals surface area contributed by atoms with E-state index in [1.54, 1.807) is 18.6 Å². The topological polar surface area (TPSA) is 38.9 Å². The smallest absolute Gasteiger partial charge is 0.191 e. The molecule has 12 heavy (non-hydrogen) atoms. The van der Waals surface area contributed by atoms with Crippen LogP contribution in [0.15, 0.2) is 35.1 Å². The molecule has 0 amide bonds. The van der Waals surface area contributed by atoms with Gasteiger partial charge >= 0.3 is 0 Å². The molecule has 60 valence electrons. The molecule has 0 N–H and O–H groups in total. The molecule has 2 aromatic rings. The Labute approximate surface area is 70.1 Å². The summed E-state index contributed by atoms with van der Waals surface area (Å²) in [6.45, 7) is 1.82. The van der Waals surface area contributed by atoms with Crippen LogP contribution < -0.4 is 0 Å². The summed E-state index contributed by atoms with van der Waals surface area (Å²) in [5.74, 6) is 1.47. The van der Waals surface area contributed by atoms with E-state index in [0.29, 0.717) is 5.89 Å². The molecule has 3 heteroatoms. The quantitative estimate of drug-likeness (QED) is 0.640. The number of rotatable bonds is 1. The van der Waals surface area contributed by atoms with Crippen molar-refractivity contribution in [1.29, 1.82) is 0 Å². The maximum Gasteiger partial charge on any atom is 0.191 e. The molecule has 2 aromatic heterocycles. The lowest BCUT2D eigenvalue weighted by atomic mass is 10.2. The van der Waals surface area contributed by atoms with Crippen LogP contribution in [0.2, 0.25) is 0 Å². The Hall–Kier alpha value is -1.64. The molecule has 0 unspecified atom stereocenters. The van der Waals surface area contributed by atoms with Crippen molar-refractivity contribution in [3.63, 3.8) is 0 Å². The monoisotopic (exact) mass is 160 g/mol. The van der Waals surface area contributed by atoms with Gasteiger partial charge in [0.1, 0.15) is 0 Å². The number of oxazole rings is 1. The molecule has 0 spiro atoms. The minimum Gasteiger partial charge on any atom is -0.441 e. The second-order valence-corrected chi connectivity index (χ2v) is 2.48. The molecule has 0 atom stereocenters. The van der Waals surface area contributed by atoms with Gasteiger partial charge in [0.25, 0.3) is 0 Å². The second-order valence-electron chi connectivity index (χ2n) is 2.48. The number of aromatic nitrogens is 2. The summed E-state index contributed by atoms with van der Waals surface area (Å²) in [6, 6.07) is 3.78. The highest BCUT2D eigenvalue weighted by molar-refractivity contribution is 5.54. The van der Waals surface area contributed by atoms with E-state index in [1.165, 1.54) is 0 Å². The minimum atomic E-state index is 0.682. The predicted octanol–water partition coefficient (Wildman–Crippen LogP) is 2.05. The van der Waals surface area contributed by atoms with Crippen molar-refractivity contribution in [1.82, 2.24) is 9.97 Å². The van der Waals surface area contributed by atoms with Crippen molar-refractivity contribution in [3.8, 4) is 11.3 Å². The summed E-state index contributed by atoms with van der Waals surface area (Å²) in [4.78, 5) is 7.92. The zero-order valence-corrected chi connectivity index (χ0v) is 6.69. The van der Waals surface area contributed by atoms with E-state index in [-0.39, 0.29) is 0 Å². The molecule has 0 saturated carbocycles. The largest absolute Gasteiger partial charge is 0.441 e. The molecule has 3 nitrogen and oxygen atoms in total. The summed E-state index contributed by atoms with van der Waals surface area (Å²) in [5.41, 5.74) is 1.01. The van der Waals surface area contributed by atoms with Crippen LogP contribution in [0.3, 0.4) is 0 Å². The molecule has 0 aliphatic heterocycles. The molecule has 0 aliphatic carbocycles. The highest BCUT2D eigenvalue weighted by atomic mass is 16.4. The Kier molecular flexibility index (Phi) is 1.63. The van der Waals surface area contributed by atoms with Crippen LogP contribution >= 0.6 is 0 Å². The minimum absolute atomic E-state index is 0.682. The van der Waals surface area contributed by atoms with E-state index in [2.05, 4.69) is 9.97 Å². The van der Waals surface area contributed by atoms with Crippen molar-refractivity contribution < 1.29 is 4.42 Å². The van der Waals surface area contributed by atoms with Crippen LogP contribution in [0, 0.1) is 6.92 Å². The van der Waals surface area contributed by atoms with Crippen LogP contribution in [-0.2, 0) is 0 Å². The first-order chi connectivity index (χ1) is 5.86. The van der Waals surface area contributed by atoms with Crippen molar-refractivity contribution in [2.24, 2.45) is 0 Å². The number of pyridine rings is 1. The van der Waals surface area contributed by atoms with E-state index in [0.717, 1.165) is 11.3 Å². The summed E-state index contributed by atoms with van der Waals surface area (Å²) in [6.07, 6.45) is 5.17. The molecular weight excluding hydrogens is 152 g/mol. The van der Waals surface area contributed by atoms with Gasteiger partial charge in [0, 0.05) is 24.9 Å². The highest BCUT2D eigenvalue weighted by Crippen LogP contribution is 2.18. The molecule has 0 bridgehead atoms.